The summed E-state index contributed by atoms with van der Waals surface area (Å²) in [6.45, 7) is 2.07. The topological polar surface area (TPSA) is 77.8 Å². The molecule has 0 spiro atoms. The highest BCUT2D eigenvalue weighted by molar-refractivity contribution is 8.01. The maximum Gasteiger partial charge on any atom is 0.303 e. The highest BCUT2D eigenvalue weighted by Gasteiger charge is 2.39. The largest absolute Gasteiger partial charge is 0.481 e. The molecule has 1 aromatic heterocycles. The van der Waals surface area contributed by atoms with Gasteiger partial charge in [-0.1, -0.05) is 30.6 Å². The van der Waals surface area contributed by atoms with Crippen LogP contribution in [0.15, 0.2) is 40.6 Å². The van der Waals surface area contributed by atoms with Gasteiger partial charge in [0.15, 0.2) is 0 Å². The number of aliphatic carboxylic acids is 1. The van der Waals surface area contributed by atoms with Gasteiger partial charge in [0, 0.05) is 17.1 Å². The molecule has 1 heterocycles. The summed E-state index contributed by atoms with van der Waals surface area (Å²) in [7, 11) is 5.93. The zero-order chi connectivity index (χ0) is 21.2. The number of aliphatic hydroxyl groups is 2. The molecule has 0 aliphatic heterocycles. The number of hydrogen-bond acceptors (Lipinski definition) is 5. The van der Waals surface area contributed by atoms with Gasteiger partial charge in [0.25, 0.3) is 0 Å². The van der Waals surface area contributed by atoms with E-state index < -0.39 is 18.2 Å². The Morgan fingerprint density at radius 3 is 2.86 bits per heavy atom. The second-order valence-corrected chi connectivity index (χ2v) is 10.3. The lowest BCUT2D eigenvalue weighted by atomic mass is 9.80. The van der Waals surface area contributed by atoms with Gasteiger partial charge in [0.1, 0.15) is 0 Å². The fourth-order valence-electron chi connectivity index (χ4n) is 3.83. The lowest BCUT2D eigenvalue weighted by Crippen LogP contribution is -2.19. The van der Waals surface area contributed by atoms with Crippen molar-refractivity contribution in [3.8, 4) is 0 Å². The van der Waals surface area contributed by atoms with E-state index in [2.05, 4.69) is 19.1 Å². The van der Waals surface area contributed by atoms with Gasteiger partial charge in [-0.15, -0.1) is 23.1 Å². The number of aliphatic hydroxyl groups excluding tert-OH is 2. The molecule has 7 heteroatoms. The van der Waals surface area contributed by atoms with Gasteiger partial charge in [-0.3, -0.25) is 4.79 Å². The summed E-state index contributed by atoms with van der Waals surface area (Å²) in [6.07, 6.45) is 10.5. The summed E-state index contributed by atoms with van der Waals surface area (Å²) < 4.78 is 1.21. The summed E-state index contributed by atoms with van der Waals surface area (Å²) >= 11 is 3.39. The van der Waals surface area contributed by atoms with Crippen molar-refractivity contribution in [1.29, 1.82) is 0 Å². The van der Waals surface area contributed by atoms with E-state index in [9.17, 15) is 15.0 Å². The Balaban J connectivity index is 1.86. The van der Waals surface area contributed by atoms with Crippen molar-refractivity contribution < 1.29 is 20.1 Å². The van der Waals surface area contributed by atoms with E-state index >= 15 is 0 Å². The van der Waals surface area contributed by atoms with E-state index in [0.717, 1.165) is 12.8 Å². The molecule has 2 radical (unpaired) electrons. The van der Waals surface area contributed by atoms with Crippen LogP contribution in [0.1, 0.15) is 37.0 Å². The van der Waals surface area contributed by atoms with E-state index in [-0.39, 0.29) is 24.2 Å². The fourth-order valence-corrected chi connectivity index (χ4v) is 5.86. The van der Waals surface area contributed by atoms with Crippen molar-refractivity contribution >= 4 is 36.9 Å². The Morgan fingerprint density at radius 2 is 2.21 bits per heavy atom. The number of carboxylic acids is 1. The van der Waals surface area contributed by atoms with Crippen LogP contribution in [-0.4, -0.2) is 47.1 Å². The van der Waals surface area contributed by atoms with Crippen LogP contribution in [0.4, 0.5) is 0 Å². The number of thioether (sulfide) groups is 1. The van der Waals surface area contributed by atoms with Crippen molar-refractivity contribution in [2.24, 2.45) is 17.8 Å². The summed E-state index contributed by atoms with van der Waals surface area (Å²) in [5, 5.41) is 29.5. The number of carboxylic acid groups (broad SMARTS) is 1. The van der Waals surface area contributed by atoms with Crippen molar-refractivity contribution in [3.05, 3.63) is 41.3 Å². The monoisotopic (exact) mass is 434 g/mol. The summed E-state index contributed by atoms with van der Waals surface area (Å²) in [6, 6.07) is 4.17. The van der Waals surface area contributed by atoms with Crippen LogP contribution in [-0.2, 0) is 4.79 Å². The standard InChI is InChI=1S/C22H31BO4S2/c1-15-8-11-22(29-15)28-14-17(24)9-10-18-16(13-23)12-20(25)19(18)6-4-2-3-5-7-21(26)27/h2,4,8-11,16-20,24-25H,3,5-7,12-14H2,1H3,(H,26,27)/t16-,17+,18-,19+,20?/m0/s1. The second kappa shape index (κ2) is 12.6. The maximum absolute atomic E-state index is 10.6. The van der Waals surface area contributed by atoms with Crippen molar-refractivity contribution in [3.63, 3.8) is 0 Å². The molecule has 0 saturated heterocycles. The Kier molecular flexibility index (Phi) is 10.6. The molecule has 4 nitrogen and oxygen atoms in total. The van der Waals surface area contributed by atoms with Gasteiger partial charge < -0.3 is 15.3 Å². The van der Waals surface area contributed by atoms with Crippen LogP contribution < -0.4 is 0 Å². The van der Waals surface area contributed by atoms with Gasteiger partial charge in [0.05, 0.1) is 24.3 Å². The van der Waals surface area contributed by atoms with Crippen molar-refractivity contribution in [2.45, 2.75) is 61.8 Å². The molecule has 0 amide bonds. The number of rotatable bonds is 12. The number of unbranched alkanes of at least 4 members (excludes halogenated alkanes) is 1. The quantitative estimate of drug-likeness (QED) is 0.196. The van der Waals surface area contributed by atoms with Gasteiger partial charge in [0.2, 0.25) is 0 Å². The Hall–Kier alpha value is -1.02. The first-order chi connectivity index (χ1) is 13.9. The molecule has 1 aliphatic rings. The first-order valence-electron chi connectivity index (χ1n) is 10.2. The molecule has 2 rings (SSSR count). The van der Waals surface area contributed by atoms with Crippen LogP contribution >= 0.6 is 23.1 Å². The number of aryl methyl sites for hydroxylation is 1. The second-order valence-electron chi connectivity index (χ2n) is 7.66. The first kappa shape index (κ1) is 24.3. The summed E-state index contributed by atoms with van der Waals surface area (Å²) in [5.41, 5.74) is 0. The van der Waals surface area contributed by atoms with Gasteiger partial charge >= 0.3 is 5.97 Å². The van der Waals surface area contributed by atoms with Crippen LogP contribution in [0.3, 0.4) is 0 Å². The average Bonchev–Trinajstić information content (AvgIpc) is 3.23. The van der Waals surface area contributed by atoms with Crippen LogP contribution in [0.5, 0.6) is 0 Å². The summed E-state index contributed by atoms with van der Waals surface area (Å²) in [5.74, 6) is 0.267. The molecule has 29 heavy (non-hydrogen) atoms. The molecule has 1 aliphatic carbocycles. The molecule has 158 valence electrons. The highest BCUT2D eigenvalue weighted by Crippen LogP contribution is 2.42. The predicted octanol–water partition coefficient (Wildman–Crippen LogP) is 4.47. The van der Waals surface area contributed by atoms with E-state index in [1.165, 1.54) is 9.09 Å². The van der Waals surface area contributed by atoms with Gasteiger partial charge in [-0.05, 0) is 62.5 Å². The van der Waals surface area contributed by atoms with Crippen LogP contribution in [0, 0.1) is 24.7 Å². The number of thiophene rings is 1. The number of carbonyl (C=O) groups is 1. The van der Waals surface area contributed by atoms with E-state index in [1.807, 2.05) is 24.3 Å². The molecule has 1 fully saturated rings. The molecule has 1 aromatic rings. The molecule has 3 N–H and O–H groups in total. The van der Waals surface area contributed by atoms with Crippen molar-refractivity contribution in [2.75, 3.05) is 5.75 Å². The lowest BCUT2D eigenvalue weighted by molar-refractivity contribution is -0.137. The zero-order valence-corrected chi connectivity index (χ0v) is 18.6. The molecular formula is C22H31BO4S2. The van der Waals surface area contributed by atoms with Gasteiger partial charge in [-0.2, -0.15) is 0 Å². The molecule has 1 saturated carbocycles. The normalized spacial score (nSPS) is 25.9. The molecule has 0 aromatic carbocycles. The molecule has 0 bridgehead atoms. The number of hydrogen-bond donors (Lipinski definition) is 3. The van der Waals surface area contributed by atoms with Crippen molar-refractivity contribution in [1.82, 2.24) is 0 Å². The third-order valence-electron chi connectivity index (χ3n) is 5.38. The number of allylic oxidation sites excluding steroid dienone is 3. The molecular weight excluding hydrogens is 403 g/mol. The van der Waals surface area contributed by atoms with Gasteiger partial charge in [-0.25, -0.2) is 0 Å². The summed E-state index contributed by atoms with van der Waals surface area (Å²) in [4.78, 5) is 11.8. The average molecular weight is 434 g/mol. The Morgan fingerprint density at radius 1 is 1.41 bits per heavy atom. The highest BCUT2D eigenvalue weighted by atomic mass is 32.2. The first-order valence-corrected chi connectivity index (χ1v) is 12.0. The minimum Gasteiger partial charge on any atom is -0.481 e. The smallest absolute Gasteiger partial charge is 0.303 e. The minimum atomic E-state index is -0.772. The van der Waals surface area contributed by atoms with Crippen LogP contribution in [0.25, 0.3) is 0 Å². The van der Waals surface area contributed by atoms with E-state index in [0.29, 0.717) is 24.9 Å². The Labute approximate surface area is 183 Å². The van der Waals surface area contributed by atoms with Crippen LogP contribution in [0.2, 0.25) is 6.32 Å². The lowest BCUT2D eigenvalue weighted by Gasteiger charge is -2.21. The van der Waals surface area contributed by atoms with E-state index in [1.54, 1.807) is 23.1 Å². The fraction of sp³-hybridized carbons (Fsp3) is 0.591. The third kappa shape index (κ3) is 8.32. The minimum absolute atomic E-state index is 0.0790. The predicted molar refractivity (Wildman–Crippen MR) is 122 cm³/mol. The third-order valence-corrected chi connectivity index (χ3v) is 7.71. The molecule has 5 atom stereocenters. The maximum atomic E-state index is 10.6. The van der Waals surface area contributed by atoms with E-state index in [4.69, 9.17) is 13.0 Å². The Bertz CT molecular complexity index is 688. The zero-order valence-electron chi connectivity index (χ0n) is 16.9. The molecule has 1 unspecified atom stereocenters. The SMILES string of the molecule is [B]C[C@@H]1CC(O)[C@H](CC=CCCCC(=O)O)[C@H]1C=C[C@@H](O)CSc1ccc(C)s1.